The Balaban J connectivity index is 2.05. The summed E-state index contributed by atoms with van der Waals surface area (Å²) in [6, 6.07) is 4.02. The zero-order valence-corrected chi connectivity index (χ0v) is 15.3. The number of hydrogen-bond acceptors (Lipinski definition) is 5. The van der Waals surface area contributed by atoms with Crippen molar-refractivity contribution in [1.29, 1.82) is 0 Å². The van der Waals surface area contributed by atoms with Crippen molar-refractivity contribution in [2.24, 2.45) is 11.5 Å². The number of para-hydroxylation sites is 1. The van der Waals surface area contributed by atoms with E-state index in [1.54, 1.807) is 6.20 Å². The molecule has 0 unspecified atom stereocenters. The van der Waals surface area contributed by atoms with E-state index in [1.165, 1.54) is 6.92 Å². The number of fused-ring (bicyclic) bond motifs is 1. The van der Waals surface area contributed by atoms with Crippen molar-refractivity contribution in [2.75, 3.05) is 0 Å². The van der Waals surface area contributed by atoms with Gasteiger partial charge in [-0.3, -0.25) is 19.2 Å². The first-order valence-electron chi connectivity index (χ1n) is 8.61. The number of rotatable bonds is 9. The molecular weight excluding hydrogens is 366 g/mol. The molecule has 0 radical (unpaired) electrons. The Hall–Kier alpha value is -3.40. The van der Waals surface area contributed by atoms with Gasteiger partial charge in [0.15, 0.2) is 0 Å². The van der Waals surface area contributed by atoms with Gasteiger partial charge in [0, 0.05) is 17.1 Å². The summed E-state index contributed by atoms with van der Waals surface area (Å²) in [5.74, 6) is -3.57. The molecule has 0 saturated heterocycles. The Morgan fingerprint density at radius 1 is 1.14 bits per heavy atom. The molecule has 8 N–H and O–H groups in total. The highest BCUT2D eigenvalue weighted by Gasteiger charge is 2.27. The smallest absolute Gasteiger partial charge is 0.325 e. The van der Waals surface area contributed by atoms with E-state index in [2.05, 4.69) is 15.6 Å². The number of aromatic amines is 1. The Bertz CT molecular complexity index is 893. The Labute approximate surface area is 160 Å². The van der Waals surface area contributed by atoms with Gasteiger partial charge in [0.05, 0.1) is 12.5 Å². The Morgan fingerprint density at radius 3 is 2.46 bits per heavy atom. The van der Waals surface area contributed by atoms with Gasteiger partial charge in [0.1, 0.15) is 12.1 Å². The van der Waals surface area contributed by atoms with Crippen molar-refractivity contribution in [2.45, 2.75) is 37.9 Å². The Morgan fingerprint density at radius 2 is 1.82 bits per heavy atom. The minimum atomic E-state index is -1.32. The summed E-state index contributed by atoms with van der Waals surface area (Å²) in [6.45, 7) is 1.26. The normalized spacial score (nSPS) is 14.1. The van der Waals surface area contributed by atoms with Crippen LogP contribution >= 0.6 is 0 Å². The lowest BCUT2D eigenvalue weighted by Gasteiger charge is -2.21. The number of carboxylic acid groups (broad SMARTS) is 1. The summed E-state index contributed by atoms with van der Waals surface area (Å²) >= 11 is 0. The summed E-state index contributed by atoms with van der Waals surface area (Å²) in [4.78, 5) is 49.8. The van der Waals surface area contributed by atoms with Gasteiger partial charge in [0.2, 0.25) is 17.7 Å². The zero-order valence-electron chi connectivity index (χ0n) is 15.3. The topological polar surface area (TPSA) is 180 Å². The number of aromatic nitrogens is 1. The van der Waals surface area contributed by atoms with Crippen molar-refractivity contribution in [3.05, 3.63) is 36.0 Å². The van der Waals surface area contributed by atoms with Crippen molar-refractivity contribution < 1.29 is 24.3 Å². The summed E-state index contributed by atoms with van der Waals surface area (Å²) in [5, 5.41) is 14.4. The summed E-state index contributed by atoms with van der Waals surface area (Å²) in [6.07, 6.45) is 1.47. The molecule has 28 heavy (non-hydrogen) atoms. The third-order valence-corrected chi connectivity index (χ3v) is 4.22. The lowest BCUT2D eigenvalue weighted by Crippen LogP contribution is -2.55. The standard InChI is InChI=1S/C18H23N5O5/c1-9(18(27)28)22-17(26)14(7-15(20)24)23-16(25)12(19)6-10-8-21-13-5-3-2-4-11(10)13/h2-5,8-9,12,14,21H,6-7,19H2,1H3,(H2,20,24)(H,22,26)(H,23,25)(H,27,28)/t9-,12-,14-/m0/s1. The van der Waals surface area contributed by atoms with Gasteiger partial charge in [-0.15, -0.1) is 0 Å². The average Bonchev–Trinajstić information content (AvgIpc) is 3.03. The molecule has 0 spiro atoms. The van der Waals surface area contributed by atoms with E-state index in [9.17, 15) is 19.2 Å². The molecule has 0 aliphatic rings. The molecule has 10 nitrogen and oxygen atoms in total. The minimum absolute atomic E-state index is 0.201. The van der Waals surface area contributed by atoms with E-state index in [-0.39, 0.29) is 6.42 Å². The SMILES string of the molecule is C[C@H](NC(=O)[C@H](CC(N)=O)NC(=O)[C@@H](N)Cc1c[nH]c2ccccc12)C(=O)O. The fourth-order valence-corrected chi connectivity index (χ4v) is 2.70. The molecule has 0 aliphatic carbocycles. The van der Waals surface area contributed by atoms with Gasteiger partial charge in [0.25, 0.3) is 0 Å². The van der Waals surface area contributed by atoms with Gasteiger partial charge in [-0.05, 0) is 25.0 Å². The van der Waals surface area contributed by atoms with Crippen LogP contribution in [0.5, 0.6) is 0 Å². The fraction of sp³-hybridized carbons (Fsp3) is 0.333. The van der Waals surface area contributed by atoms with Crippen LogP contribution in [0.15, 0.2) is 30.5 Å². The number of carboxylic acids is 1. The van der Waals surface area contributed by atoms with Crippen molar-refractivity contribution >= 4 is 34.6 Å². The number of aliphatic carboxylic acids is 1. The first-order chi connectivity index (χ1) is 13.2. The molecule has 2 rings (SSSR count). The third-order valence-electron chi connectivity index (χ3n) is 4.22. The molecule has 10 heteroatoms. The largest absolute Gasteiger partial charge is 0.480 e. The molecule has 0 fully saturated rings. The highest BCUT2D eigenvalue weighted by Crippen LogP contribution is 2.18. The lowest BCUT2D eigenvalue weighted by molar-refractivity contribution is -0.141. The number of H-pyrrole nitrogens is 1. The number of nitrogens with one attached hydrogen (secondary N) is 3. The number of hydrogen-bond donors (Lipinski definition) is 6. The predicted octanol–water partition coefficient (Wildman–Crippen LogP) is -1.01. The maximum Gasteiger partial charge on any atom is 0.325 e. The molecule has 3 atom stereocenters. The van der Waals surface area contributed by atoms with E-state index in [0.29, 0.717) is 0 Å². The van der Waals surface area contributed by atoms with Crippen molar-refractivity contribution in [1.82, 2.24) is 15.6 Å². The monoisotopic (exact) mass is 389 g/mol. The van der Waals surface area contributed by atoms with Crippen molar-refractivity contribution in [3.8, 4) is 0 Å². The van der Waals surface area contributed by atoms with E-state index in [1.807, 2.05) is 24.3 Å². The maximum absolute atomic E-state index is 12.4. The quantitative estimate of drug-likeness (QED) is 0.319. The van der Waals surface area contributed by atoms with Gasteiger partial charge in [-0.2, -0.15) is 0 Å². The highest BCUT2D eigenvalue weighted by molar-refractivity contribution is 5.94. The van der Waals surface area contributed by atoms with Crippen LogP contribution in [0.4, 0.5) is 0 Å². The van der Waals surface area contributed by atoms with Gasteiger partial charge < -0.3 is 32.2 Å². The molecule has 3 amide bonds. The van der Waals surface area contributed by atoms with Crippen LogP contribution in [0.2, 0.25) is 0 Å². The lowest BCUT2D eigenvalue weighted by atomic mass is 10.0. The van der Waals surface area contributed by atoms with Gasteiger partial charge >= 0.3 is 5.97 Å². The van der Waals surface area contributed by atoms with Gasteiger partial charge in [-0.25, -0.2) is 0 Å². The Kier molecular flexibility index (Phi) is 6.72. The summed E-state index contributed by atoms with van der Waals surface area (Å²) in [7, 11) is 0. The molecule has 0 bridgehead atoms. The molecule has 1 heterocycles. The number of amides is 3. The van der Waals surface area contributed by atoms with E-state index < -0.39 is 48.2 Å². The van der Waals surface area contributed by atoms with Crippen LogP contribution in [0, 0.1) is 0 Å². The number of carbonyl (C=O) groups excluding carboxylic acids is 3. The third kappa shape index (κ3) is 5.30. The predicted molar refractivity (Wildman–Crippen MR) is 101 cm³/mol. The van der Waals surface area contributed by atoms with E-state index in [0.717, 1.165) is 16.5 Å². The van der Waals surface area contributed by atoms with Crippen LogP contribution in [-0.2, 0) is 25.6 Å². The summed E-state index contributed by atoms with van der Waals surface area (Å²) in [5.41, 5.74) is 12.8. The first-order valence-corrected chi connectivity index (χ1v) is 8.61. The summed E-state index contributed by atoms with van der Waals surface area (Å²) < 4.78 is 0. The van der Waals surface area contributed by atoms with Crippen LogP contribution in [-0.4, -0.2) is 51.9 Å². The second-order valence-electron chi connectivity index (χ2n) is 6.47. The molecule has 0 aliphatic heterocycles. The first kappa shape index (κ1) is 20.9. The van der Waals surface area contributed by atoms with Crippen LogP contribution in [0.3, 0.4) is 0 Å². The average molecular weight is 389 g/mol. The highest BCUT2D eigenvalue weighted by atomic mass is 16.4. The molecule has 1 aromatic carbocycles. The number of benzene rings is 1. The number of carbonyl (C=O) groups is 4. The maximum atomic E-state index is 12.4. The van der Waals surface area contributed by atoms with Crippen LogP contribution in [0.1, 0.15) is 18.9 Å². The molecule has 150 valence electrons. The van der Waals surface area contributed by atoms with Gasteiger partial charge in [-0.1, -0.05) is 18.2 Å². The second kappa shape index (κ2) is 9.00. The minimum Gasteiger partial charge on any atom is -0.480 e. The van der Waals surface area contributed by atoms with E-state index >= 15 is 0 Å². The zero-order chi connectivity index (χ0) is 20.8. The number of nitrogens with two attached hydrogens (primary N) is 2. The van der Waals surface area contributed by atoms with Crippen LogP contribution in [0.25, 0.3) is 10.9 Å². The number of primary amides is 1. The van der Waals surface area contributed by atoms with E-state index in [4.69, 9.17) is 16.6 Å². The molecule has 0 saturated carbocycles. The molecule has 2 aromatic rings. The van der Waals surface area contributed by atoms with Crippen molar-refractivity contribution in [3.63, 3.8) is 0 Å². The molecular formula is C18H23N5O5. The van der Waals surface area contributed by atoms with Crippen LogP contribution < -0.4 is 22.1 Å². The second-order valence-corrected chi connectivity index (χ2v) is 6.47. The molecule has 1 aromatic heterocycles. The fourth-order valence-electron chi connectivity index (χ4n) is 2.70.